The number of hydrogen-bond donors (Lipinski definition) is 0. The van der Waals surface area contributed by atoms with E-state index in [2.05, 4.69) is 20.6 Å². The van der Waals surface area contributed by atoms with Gasteiger partial charge in [-0.25, -0.2) is 19.0 Å². The van der Waals surface area contributed by atoms with Crippen molar-refractivity contribution in [2.24, 2.45) is 0 Å². The van der Waals surface area contributed by atoms with Crippen LogP contribution in [-0.4, -0.2) is 70.4 Å². The predicted molar refractivity (Wildman–Crippen MR) is 131 cm³/mol. The average molecular weight is 525 g/mol. The van der Waals surface area contributed by atoms with Crippen molar-refractivity contribution >= 4 is 23.7 Å². The smallest absolute Gasteiger partial charge is 0.361 e. The highest BCUT2D eigenvalue weighted by Crippen LogP contribution is 2.33. The van der Waals surface area contributed by atoms with Crippen LogP contribution in [0.4, 0.5) is 0 Å². The Balaban J connectivity index is 1.73. The molecule has 0 aliphatic rings. The van der Waals surface area contributed by atoms with Crippen LogP contribution in [0.15, 0.2) is 58.6 Å². The molecule has 0 fully saturated rings. The van der Waals surface area contributed by atoms with Crippen molar-refractivity contribution in [2.45, 2.75) is 23.1 Å². The summed E-state index contributed by atoms with van der Waals surface area (Å²) in [5, 5.41) is 17.1. The van der Waals surface area contributed by atoms with E-state index < -0.39 is 11.9 Å². The van der Waals surface area contributed by atoms with Gasteiger partial charge >= 0.3 is 11.9 Å². The summed E-state index contributed by atoms with van der Waals surface area (Å²) in [4.78, 5) is 25.0. The largest absolute Gasteiger partial charge is 0.497 e. The van der Waals surface area contributed by atoms with Crippen molar-refractivity contribution in [1.29, 1.82) is 0 Å². The number of esters is 2. The van der Waals surface area contributed by atoms with E-state index in [1.807, 2.05) is 48.5 Å². The molecule has 192 valence electrons. The molecule has 0 unspecified atom stereocenters. The highest BCUT2D eigenvalue weighted by molar-refractivity contribution is 7.99. The zero-order chi connectivity index (χ0) is 26.4. The lowest BCUT2D eigenvalue weighted by molar-refractivity contribution is 0.0582. The number of aromatic nitrogens is 6. The maximum Gasteiger partial charge on any atom is 0.361 e. The predicted octanol–water partition coefficient (Wildman–Crippen LogP) is 2.71. The summed E-state index contributed by atoms with van der Waals surface area (Å²) in [7, 11) is 5.70. The highest BCUT2D eigenvalue weighted by Gasteiger charge is 2.28. The van der Waals surface area contributed by atoms with Crippen LogP contribution in [0.1, 0.15) is 32.1 Å². The monoisotopic (exact) mass is 524 g/mol. The second-order valence-electron chi connectivity index (χ2n) is 7.58. The van der Waals surface area contributed by atoms with Crippen molar-refractivity contribution in [3.05, 3.63) is 71.0 Å². The Hall–Kier alpha value is -4.39. The van der Waals surface area contributed by atoms with Gasteiger partial charge in [-0.1, -0.05) is 34.7 Å². The second kappa shape index (κ2) is 11.6. The molecule has 0 atom stereocenters. The quantitative estimate of drug-likeness (QED) is 0.284. The third-order valence-corrected chi connectivity index (χ3v) is 6.51. The minimum Gasteiger partial charge on any atom is -0.497 e. The number of rotatable bonds is 10. The van der Waals surface area contributed by atoms with Gasteiger partial charge in [0.2, 0.25) is 11.4 Å². The van der Waals surface area contributed by atoms with Crippen LogP contribution >= 0.6 is 11.8 Å². The van der Waals surface area contributed by atoms with Crippen LogP contribution in [0, 0.1) is 0 Å². The first kappa shape index (κ1) is 25.7. The zero-order valence-electron chi connectivity index (χ0n) is 20.6. The van der Waals surface area contributed by atoms with E-state index in [-0.39, 0.29) is 11.4 Å². The van der Waals surface area contributed by atoms with Crippen LogP contribution < -0.4 is 9.47 Å². The van der Waals surface area contributed by atoms with Crippen LogP contribution in [0.5, 0.6) is 11.5 Å². The summed E-state index contributed by atoms with van der Waals surface area (Å²) in [5.41, 5.74) is 1.77. The molecule has 12 nitrogen and oxygen atoms in total. The average Bonchev–Trinajstić information content (AvgIpc) is 3.52. The molecular weight excluding hydrogens is 500 g/mol. The van der Waals surface area contributed by atoms with Gasteiger partial charge in [0, 0.05) is 0 Å². The molecule has 4 aromatic rings. The molecule has 0 aliphatic heterocycles. The van der Waals surface area contributed by atoms with Gasteiger partial charge in [0.25, 0.3) is 0 Å². The molecule has 0 bridgehead atoms. The van der Waals surface area contributed by atoms with Gasteiger partial charge in [-0.05, 0) is 47.2 Å². The second-order valence-corrected chi connectivity index (χ2v) is 8.56. The van der Waals surface area contributed by atoms with E-state index in [9.17, 15) is 9.59 Å². The molecule has 2 aromatic heterocycles. The molecular formula is C24H24N6O6S. The van der Waals surface area contributed by atoms with E-state index >= 15 is 0 Å². The van der Waals surface area contributed by atoms with Gasteiger partial charge < -0.3 is 18.9 Å². The number of carbonyl (C=O) groups excluding carboxylic acids is 2. The van der Waals surface area contributed by atoms with Gasteiger partial charge in [0.15, 0.2) is 0 Å². The Bertz CT molecular complexity index is 1280. The van der Waals surface area contributed by atoms with E-state index in [0.717, 1.165) is 22.9 Å². The summed E-state index contributed by atoms with van der Waals surface area (Å²) in [5.74, 6) is 0.0846. The molecule has 0 N–H and O–H groups in total. The van der Waals surface area contributed by atoms with Gasteiger partial charge in [-0.15, -0.1) is 10.2 Å². The maximum absolute atomic E-state index is 12.5. The topological polar surface area (TPSA) is 132 Å². The molecule has 4 rings (SSSR count). The van der Waals surface area contributed by atoms with Crippen LogP contribution in [-0.2, 0) is 22.6 Å². The Labute approximate surface area is 216 Å². The molecule has 37 heavy (non-hydrogen) atoms. The minimum atomic E-state index is -0.669. The fourth-order valence-corrected chi connectivity index (χ4v) is 4.40. The summed E-state index contributed by atoms with van der Waals surface area (Å²) in [6.07, 6.45) is 0. The molecule has 0 saturated carbocycles. The zero-order valence-corrected chi connectivity index (χ0v) is 21.4. The van der Waals surface area contributed by atoms with Crippen molar-refractivity contribution in [1.82, 2.24) is 30.0 Å². The minimum absolute atomic E-state index is 0.00553. The Kier molecular flexibility index (Phi) is 8.03. The molecule has 0 spiro atoms. The third-order valence-electron chi connectivity index (χ3n) is 5.31. The number of hydrogen-bond acceptors (Lipinski definition) is 11. The number of nitrogens with zero attached hydrogens (tertiary/aromatic N) is 6. The van der Waals surface area contributed by atoms with Crippen molar-refractivity contribution < 1.29 is 28.5 Å². The summed E-state index contributed by atoms with van der Waals surface area (Å²) in [6, 6.07) is 14.8. The van der Waals surface area contributed by atoms with Crippen molar-refractivity contribution in [2.75, 3.05) is 28.4 Å². The number of methoxy groups -OCH3 is 4. The van der Waals surface area contributed by atoms with Crippen LogP contribution in [0.2, 0.25) is 0 Å². The highest BCUT2D eigenvalue weighted by atomic mass is 32.2. The Morgan fingerprint density at radius 1 is 0.676 bits per heavy atom. The van der Waals surface area contributed by atoms with Gasteiger partial charge in [-0.3, -0.25) is 0 Å². The standard InChI is InChI=1S/C24H24N6O6S/c1-33-17-9-5-15(6-10-17)13-29-21(19(25-27-29)23(31)35-3)37-22-20(24(32)36-4)26-28-30(22)14-16-7-11-18(34-2)12-8-16/h5-12H,13-14H2,1-4H3. The first-order chi connectivity index (χ1) is 18.0. The van der Waals surface area contributed by atoms with Gasteiger partial charge in [0.05, 0.1) is 41.5 Å². The number of carbonyl (C=O) groups is 2. The number of ether oxygens (including phenoxy) is 4. The van der Waals surface area contributed by atoms with Crippen LogP contribution in [0.3, 0.4) is 0 Å². The van der Waals surface area contributed by atoms with Crippen molar-refractivity contribution in [3.8, 4) is 11.5 Å². The van der Waals surface area contributed by atoms with Crippen molar-refractivity contribution in [3.63, 3.8) is 0 Å². The van der Waals surface area contributed by atoms with E-state index in [0.29, 0.717) is 34.6 Å². The molecule has 0 radical (unpaired) electrons. The van der Waals surface area contributed by atoms with E-state index in [1.165, 1.54) is 14.2 Å². The Morgan fingerprint density at radius 3 is 1.38 bits per heavy atom. The molecule has 2 aromatic carbocycles. The van der Waals surface area contributed by atoms with Crippen LogP contribution in [0.25, 0.3) is 0 Å². The molecule has 0 amide bonds. The lowest BCUT2D eigenvalue weighted by atomic mass is 10.2. The van der Waals surface area contributed by atoms with E-state index in [1.54, 1.807) is 23.6 Å². The normalized spacial score (nSPS) is 10.7. The van der Waals surface area contributed by atoms with E-state index in [4.69, 9.17) is 18.9 Å². The molecule has 13 heteroatoms. The molecule has 0 saturated heterocycles. The summed E-state index contributed by atoms with van der Waals surface area (Å²) in [6.45, 7) is 0.591. The SMILES string of the molecule is COC(=O)c1nnn(Cc2ccc(OC)cc2)c1Sc1c(C(=O)OC)nnn1Cc1ccc(OC)cc1. The summed E-state index contributed by atoms with van der Waals surface area (Å²) < 4.78 is 23.3. The first-order valence-corrected chi connectivity index (χ1v) is 11.8. The third kappa shape index (κ3) is 5.72. The first-order valence-electron chi connectivity index (χ1n) is 10.9. The maximum atomic E-state index is 12.5. The fraction of sp³-hybridized carbons (Fsp3) is 0.250. The lowest BCUT2D eigenvalue weighted by Crippen LogP contribution is -2.10. The molecule has 0 aliphatic carbocycles. The number of benzene rings is 2. The van der Waals surface area contributed by atoms with Gasteiger partial charge in [0.1, 0.15) is 21.6 Å². The lowest BCUT2D eigenvalue weighted by Gasteiger charge is -2.11. The molecule has 2 heterocycles. The Morgan fingerprint density at radius 2 is 1.05 bits per heavy atom. The summed E-state index contributed by atoms with van der Waals surface area (Å²) >= 11 is 1.07. The fourth-order valence-electron chi connectivity index (χ4n) is 3.37. The van der Waals surface area contributed by atoms with Gasteiger partial charge in [-0.2, -0.15) is 0 Å².